The topological polar surface area (TPSA) is 115 Å². The Bertz CT molecular complexity index is 2020. The summed E-state index contributed by atoms with van der Waals surface area (Å²) in [4.78, 5) is 45.1. The molecule has 0 fully saturated rings. The van der Waals surface area contributed by atoms with Crippen molar-refractivity contribution >= 4 is 57.6 Å². The van der Waals surface area contributed by atoms with E-state index in [2.05, 4.69) is 22.6 Å². The van der Waals surface area contributed by atoms with Gasteiger partial charge < -0.3 is 23.7 Å². The number of halogens is 1. The van der Waals surface area contributed by atoms with Crippen LogP contribution in [0.15, 0.2) is 76.0 Å². The summed E-state index contributed by atoms with van der Waals surface area (Å²) in [5.41, 5.74) is 2.24. The van der Waals surface area contributed by atoms with Crippen molar-refractivity contribution < 1.29 is 33.3 Å². The van der Waals surface area contributed by atoms with Crippen LogP contribution in [0.3, 0.4) is 0 Å². The summed E-state index contributed by atoms with van der Waals surface area (Å²) < 4.78 is 30.3. The van der Waals surface area contributed by atoms with Gasteiger partial charge in [0.15, 0.2) is 27.8 Å². The SMILES string of the molecule is CCOC(=O)C1=C(c2ccccc2)N=c2s/c(=C\c3cc(I)c(OC(C)=O)c(OCC)c3)c(=O)n2[C@H]1c1ccc(OC)c(OC)c1. The Morgan fingerprint density at radius 2 is 1.72 bits per heavy atom. The zero-order valence-corrected chi connectivity index (χ0v) is 28.8. The highest BCUT2D eigenvalue weighted by Gasteiger charge is 2.35. The van der Waals surface area contributed by atoms with Gasteiger partial charge in [-0.15, -0.1) is 0 Å². The van der Waals surface area contributed by atoms with Gasteiger partial charge >= 0.3 is 11.9 Å². The highest BCUT2D eigenvalue weighted by atomic mass is 127. The Balaban J connectivity index is 1.80. The molecule has 0 spiro atoms. The molecule has 0 bridgehead atoms. The molecular weight excluding hydrogens is 723 g/mol. The fourth-order valence-corrected chi connectivity index (χ4v) is 6.84. The molecule has 0 amide bonds. The second-order valence-corrected chi connectivity index (χ2v) is 12.1. The molecule has 238 valence electrons. The van der Waals surface area contributed by atoms with E-state index >= 15 is 0 Å². The minimum Gasteiger partial charge on any atom is -0.493 e. The Labute approximate surface area is 282 Å². The minimum atomic E-state index is -0.891. The number of hydrogen-bond acceptors (Lipinski definition) is 10. The molecule has 4 aromatic rings. The van der Waals surface area contributed by atoms with E-state index in [0.29, 0.717) is 64.9 Å². The predicted molar refractivity (Wildman–Crippen MR) is 182 cm³/mol. The van der Waals surface area contributed by atoms with Crippen LogP contribution in [0, 0.1) is 3.57 Å². The first-order valence-electron chi connectivity index (χ1n) is 14.4. The van der Waals surface area contributed by atoms with Crippen LogP contribution in [0.2, 0.25) is 0 Å². The van der Waals surface area contributed by atoms with Crippen LogP contribution in [-0.2, 0) is 14.3 Å². The molecule has 0 N–H and O–H groups in total. The highest BCUT2D eigenvalue weighted by Crippen LogP contribution is 2.39. The van der Waals surface area contributed by atoms with Gasteiger partial charge in [-0.05, 0) is 77.9 Å². The highest BCUT2D eigenvalue weighted by molar-refractivity contribution is 14.1. The van der Waals surface area contributed by atoms with Crippen LogP contribution >= 0.6 is 33.9 Å². The van der Waals surface area contributed by atoms with Crippen molar-refractivity contribution in [3.05, 3.63) is 106 Å². The average Bonchev–Trinajstić information content (AvgIpc) is 3.36. The third-order valence-corrected chi connectivity index (χ3v) is 8.76. The number of thiazole rings is 1. The van der Waals surface area contributed by atoms with Crippen LogP contribution in [-0.4, -0.2) is 43.9 Å². The van der Waals surface area contributed by atoms with E-state index in [1.54, 1.807) is 43.3 Å². The minimum absolute atomic E-state index is 0.137. The van der Waals surface area contributed by atoms with E-state index in [1.807, 2.05) is 37.3 Å². The van der Waals surface area contributed by atoms with Gasteiger partial charge in [-0.1, -0.05) is 47.7 Å². The smallest absolute Gasteiger partial charge is 0.338 e. The first-order chi connectivity index (χ1) is 22.2. The molecule has 1 aliphatic heterocycles. The zero-order valence-electron chi connectivity index (χ0n) is 25.8. The fraction of sp³-hybridized carbons (Fsp3) is 0.235. The molecule has 12 heteroatoms. The van der Waals surface area contributed by atoms with Gasteiger partial charge in [0, 0.05) is 12.5 Å². The van der Waals surface area contributed by atoms with E-state index in [9.17, 15) is 14.4 Å². The maximum Gasteiger partial charge on any atom is 0.338 e. The summed E-state index contributed by atoms with van der Waals surface area (Å²) in [6, 6.07) is 17.2. The van der Waals surface area contributed by atoms with Gasteiger partial charge in [0.2, 0.25) is 0 Å². The lowest BCUT2D eigenvalue weighted by Crippen LogP contribution is -2.40. The molecule has 0 radical (unpaired) electrons. The second kappa shape index (κ2) is 14.3. The molecule has 0 saturated carbocycles. The van der Waals surface area contributed by atoms with Crippen LogP contribution < -0.4 is 33.8 Å². The lowest BCUT2D eigenvalue weighted by Gasteiger charge is -2.26. The Morgan fingerprint density at radius 1 is 0.978 bits per heavy atom. The van der Waals surface area contributed by atoms with Crippen molar-refractivity contribution in [2.24, 2.45) is 4.99 Å². The molecular formula is C34H31IN2O8S. The molecule has 10 nitrogen and oxygen atoms in total. The number of ether oxygens (including phenoxy) is 5. The number of rotatable bonds is 10. The maximum absolute atomic E-state index is 14.3. The number of benzene rings is 3. The number of hydrogen-bond donors (Lipinski definition) is 0. The maximum atomic E-state index is 14.3. The monoisotopic (exact) mass is 754 g/mol. The summed E-state index contributed by atoms with van der Waals surface area (Å²) in [5.74, 6) is 0.573. The summed E-state index contributed by atoms with van der Waals surface area (Å²) in [5, 5.41) is 0. The van der Waals surface area contributed by atoms with Crippen molar-refractivity contribution in [2.75, 3.05) is 27.4 Å². The first kappa shape index (κ1) is 32.9. The molecule has 0 saturated heterocycles. The number of carbonyl (C=O) groups is 2. The molecule has 0 unspecified atom stereocenters. The van der Waals surface area contributed by atoms with Crippen molar-refractivity contribution in [3.63, 3.8) is 0 Å². The molecule has 1 aliphatic rings. The summed E-state index contributed by atoms with van der Waals surface area (Å²) >= 11 is 3.26. The summed E-state index contributed by atoms with van der Waals surface area (Å²) in [7, 11) is 3.06. The van der Waals surface area contributed by atoms with E-state index < -0.39 is 18.0 Å². The second-order valence-electron chi connectivity index (χ2n) is 9.90. The Morgan fingerprint density at radius 3 is 2.37 bits per heavy atom. The van der Waals surface area contributed by atoms with E-state index in [-0.39, 0.29) is 17.7 Å². The normalized spacial score (nSPS) is 14.3. The summed E-state index contributed by atoms with van der Waals surface area (Å²) in [6.45, 7) is 5.36. The summed E-state index contributed by atoms with van der Waals surface area (Å²) in [6.07, 6.45) is 1.73. The number of methoxy groups -OCH3 is 2. The van der Waals surface area contributed by atoms with Gasteiger partial charge in [-0.2, -0.15) is 0 Å². The number of aromatic nitrogens is 1. The zero-order chi connectivity index (χ0) is 33.0. The number of esters is 2. The quantitative estimate of drug-likeness (QED) is 0.128. The van der Waals surface area contributed by atoms with Gasteiger partial charge in [0.1, 0.15) is 0 Å². The molecule has 5 rings (SSSR count). The number of fused-ring (bicyclic) bond motifs is 1. The van der Waals surface area contributed by atoms with Crippen molar-refractivity contribution in [2.45, 2.75) is 26.8 Å². The number of nitrogens with zero attached hydrogens (tertiary/aromatic N) is 2. The molecule has 1 aromatic heterocycles. The van der Waals surface area contributed by atoms with Gasteiger partial charge in [-0.25, -0.2) is 9.79 Å². The third-order valence-electron chi connectivity index (χ3n) is 6.97. The molecule has 46 heavy (non-hydrogen) atoms. The van der Waals surface area contributed by atoms with Crippen molar-refractivity contribution in [1.29, 1.82) is 0 Å². The Kier molecular flexibility index (Phi) is 10.3. The molecule has 1 atom stereocenters. The molecule has 2 heterocycles. The standard InChI is InChI=1S/C34H31IN2O8S/c1-6-43-26-16-20(15-23(35)31(26)45-19(3)38)17-27-32(39)37-30(22-13-14-24(41-4)25(18-22)42-5)28(33(40)44-7-2)29(36-34(37)46-27)21-11-9-8-10-12-21/h8-18,30H,6-7H2,1-5H3/b27-17-/t30-/m0/s1. The van der Waals surface area contributed by atoms with Crippen molar-refractivity contribution in [1.82, 2.24) is 4.57 Å². The van der Waals surface area contributed by atoms with Gasteiger partial charge in [0.05, 0.1) is 52.8 Å². The predicted octanol–water partition coefficient (Wildman–Crippen LogP) is 4.88. The largest absolute Gasteiger partial charge is 0.493 e. The van der Waals surface area contributed by atoms with Gasteiger partial charge in [-0.3, -0.25) is 14.2 Å². The third kappa shape index (κ3) is 6.58. The van der Waals surface area contributed by atoms with E-state index in [1.165, 1.54) is 37.0 Å². The van der Waals surface area contributed by atoms with Crippen LogP contribution in [0.4, 0.5) is 0 Å². The Hall–Kier alpha value is -4.43. The fourth-order valence-electron chi connectivity index (χ4n) is 5.11. The number of carbonyl (C=O) groups excluding carboxylic acids is 2. The lowest BCUT2D eigenvalue weighted by molar-refractivity contribution is -0.139. The van der Waals surface area contributed by atoms with E-state index in [4.69, 9.17) is 28.7 Å². The van der Waals surface area contributed by atoms with E-state index in [0.717, 1.165) is 0 Å². The molecule has 0 aliphatic carbocycles. The van der Waals surface area contributed by atoms with Gasteiger partial charge in [0.25, 0.3) is 5.56 Å². The van der Waals surface area contributed by atoms with Crippen LogP contribution in [0.25, 0.3) is 11.8 Å². The van der Waals surface area contributed by atoms with Crippen LogP contribution in [0.5, 0.6) is 23.0 Å². The lowest BCUT2D eigenvalue weighted by atomic mass is 9.93. The molecule has 3 aromatic carbocycles. The van der Waals surface area contributed by atoms with Crippen molar-refractivity contribution in [3.8, 4) is 23.0 Å². The van der Waals surface area contributed by atoms with Crippen LogP contribution in [0.1, 0.15) is 43.5 Å². The first-order valence-corrected chi connectivity index (χ1v) is 16.2. The average molecular weight is 755 g/mol.